The zero-order chi connectivity index (χ0) is 20.6. The largest absolute Gasteiger partial charge is 0.344 e. The van der Waals surface area contributed by atoms with Gasteiger partial charge in [0.25, 0.3) is 5.91 Å². The zero-order valence-electron chi connectivity index (χ0n) is 15.9. The van der Waals surface area contributed by atoms with Gasteiger partial charge in [-0.15, -0.1) is 0 Å². The first-order valence-electron chi connectivity index (χ1n) is 8.96. The molecule has 3 aromatic rings. The van der Waals surface area contributed by atoms with Gasteiger partial charge in [-0.25, -0.2) is 9.78 Å². The van der Waals surface area contributed by atoms with Gasteiger partial charge in [-0.2, -0.15) is 5.01 Å². The summed E-state index contributed by atoms with van der Waals surface area (Å²) in [7, 11) is 1.87. The Kier molecular flexibility index (Phi) is 4.75. The van der Waals surface area contributed by atoms with Crippen molar-refractivity contribution in [3.8, 4) is 0 Å². The van der Waals surface area contributed by atoms with E-state index in [1.807, 2.05) is 41.9 Å². The Morgan fingerprint density at radius 3 is 2.55 bits per heavy atom. The maximum atomic E-state index is 12.8. The highest BCUT2D eigenvalue weighted by Crippen LogP contribution is 2.28. The number of carbonyl (C=O) groups is 3. The summed E-state index contributed by atoms with van der Waals surface area (Å²) >= 11 is 1.23. The van der Waals surface area contributed by atoms with E-state index in [0.29, 0.717) is 10.7 Å². The van der Waals surface area contributed by atoms with E-state index in [-0.39, 0.29) is 5.75 Å². The second-order valence-corrected chi connectivity index (χ2v) is 7.77. The number of carbonyl (C=O) groups excluding carboxylic acids is 3. The van der Waals surface area contributed by atoms with Gasteiger partial charge < -0.3 is 9.88 Å². The molecule has 1 unspecified atom stereocenters. The molecule has 0 radical (unpaired) electrons. The number of amides is 4. The normalized spacial score (nSPS) is 18.9. The Morgan fingerprint density at radius 1 is 1.14 bits per heavy atom. The van der Waals surface area contributed by atoms with Crippen LogP contribution in [0, 0.1) is 0 Å². The number of thioether (sulfide) groups is 1. The SMILES string of the molecule is Cn1c(SCC(=O)NN2C(=O)NC(C)(c3ccccc3)C2=O)nc2ccccc21. The number of nitrogens with zero attached hydrogens (tertiary/aromatic N) is 3. The van der Waals surface area contributed by atoms with E-state index in [0.717, 1.165) is 16.0 Å². The smallest absolute Gasteiger partial charge is 0.322 e. The monoisotopic (exact) mass is 409 g/mol. The van der Waals surface area contributed by atoms with E-state index >= 15 is 0 Å². The Bertz CT molecular complexity index is 1110. The third kappa shape index (κ3) is 3.33. The molecule has 9 heteroatoms. The van der Waals surface area contributed by atoms with Crippen LogP contribution in [0.2, 0.25) is 0 Å². The van der Waals surface area contributed by atoms with Gasteiger partial charge in [-0.3, -0.25) is 15.0 Å². The van der Waals surface area contributed by atoms with Crippen molar-refractivity contribution < 1.29 is 14.4 Å². The Hall–Kier alpha value is -3.33. The molecule has 4 amide bonds. The van der Waals surface area contributed by atoms with Gasteiger partial charge in [0, 0.05) is 7.05 Å². The van der Waals surface area contributed by atoms with E-state index in [9.17, 15) is 14.4 Å². The summed E-state index contributed by atoms with van der Waals surface area (Å²) in [5.74, 6) is -0.992. The number of nitrogens with one attached hydrogen (secondary N) is 2. The molecular weight excluding hydrogens is 390 g/mol. The number of para-hydroxylation sites is 2. The molecule has 1 aromatic heterocycles. The van der Waals surface area contributed by atoms with Crippen LogP contribution in [0.4, 0.5) is 4.79 Å². The van der Waals surface area contributed by atoms with Crippen LogP contribution in [0.15, 0.2) is 59.8 Å². The molecule has 1 saturated heterocycles. The molecule has 0 saturated carbocycles. The molecule has 1 fully saturated rings. The summed E-state index contributed by atoms with van der Waals surface area (Å²) < 4.78 is 1.90. The van der Waals surface area contributed by atoms with E-state index in [2.05, 4.69) is 15.7 Å². The number of hydrazine groups is 1. The van der Waals surface area contributed by atoms with Crippen LogP contribution in [0.5, 0.6) is 0 Å². The van der Waals surface area contributed by atoms with Crippen LogP contribution in [0.3, 0.4) is 0 Å². The quantitative estimate of drug-likeness (QED) is 0.497. The van der Waals surface area contributed by atoms with Crippen LogP contribution in [0.1, 0.15) is 12.5 Å². The highest BCUT2D eigenvalue weighted by molar-refractivity contribution is 7.99. The number of aromatic nitrogens is 2. The molecular formula is C20H19N5O3S. The van der Waals surface area contributed by atoms with Crippen molar-refractivity contribution in [3.05, 3.63) is 60.2 Å². The lowest BCUT2D eigenvalue weighted by Crippen LogP contribution is -2.48. The lowest BCUT2D eigenvalue weighted by molar-refractivity contribution is -0.138. The number of benzene rings is 2. The van der Waals surface area contributed by atoms with Crippen molar-refractivity contribution in [1.29, 1.82) is 0 Å². The first kappa shape index (κ1) is 19.0. The topological polar surface area (TPSA) is 96.3 Å². The predicted octanol–water partition coefficient (Wildman–Crippen LogP) is 2.16. The zero-order valence-corrected chi connectivity index (χ0v) is 16.7. The summed E-state index contributed by atoms with van der Waals surface area (Å²) in [4.78, 5) is 42.0. The number of hydrogen-bond acceptors (Lipinski definition) is 5. The lowest BCUT2D eigenvalue weighted by Gasteiger charge is -2.22. The number of aryl methyl sites for hydroxylation is 1. The average Bonchev–Trinajstić information content (AvgIpc) is 3.16. The maximum Gasteiger partial charge on any atom is 0.344 e. The molecule has 1 aliphatic rings. The first-order chi connectivity index (χ1) is 13.9. The minimum absolute atomic E-state index is 0.0102. The van der Waals surface area contributed by atoms with Gasteiger partial charge >= 0.3 is 6.03 Å². The fourth-order valence-electron chi connectivity index (χ4n) is 3.25. The van der Waals surface area contributed by atoms with Crippen molar-refractivity contribution >= 4 is 40.6 Å². The molecule has 8 nitrogen and oxygen atoms in total. The number of fused-ring (bicyclic) bond motifs is 1. The minimum atomic E-state index is -1.23. The highest BCUT2D eigenvalue weighted by Gasteiger charge is 2.49. The molecule has 4 rings (SSSR count). The van der Waals surface area contributed by atoms with Gasteiger partial charge in [-0.1, -0.05) is 54.2 Å². The lowest BCUT2D eigenvalue weighted by atomic mass is 9.92. The summed E-state index contributed by atoms with van der Waals surface area (Å²) in [6.45, 7) is 1.61. The Morgan fingerprint density at radius 2 is 1.83 bits per heavy atom. The van der Waals surface area contributed by atoms with E-state index < -0.39 is 23.4 Å². The van der Waals surface area contributed by atoms with Crippen molar-refractivity contribution in [2.24, 2.45) is 7.05 Å². The predicted molar refractivity (Wildman–Crippen MR) is 109 cm³/mol. The molecule has 0 aliphatic carbocycles. The highest BCUT2D eigenvalue weighted by atomic mass is 32.2. The maximum absolute atomic E-state index is 12.8. The van der Waals surface area contributed by atoms with Gasteiger partial charge in [0.2, 0.25) is 5.91 Å². The van der Waals surface area contributed by atoms with Crippen LogP contribution >= 0.6 is 11.8 Å². The van der Waals surface area contributed by atoms with Gasteiger partial charge in [0.05, 0.1) is 16.8 Å². The third-order valence-corrected chi connectivity index (χ3v) is 5.89. The summed E-state index contributed by atoms with van der Waals surface area (Å²) in [5.41, 5.74) is 3.62. The fourth-order valence-corrected chi connectivity index (χ4v) is 4.03. The molecule has 29 heavy (non-hydrogen) atoms. The van der Waals surface area contributed by atoms with E-state index in [1.165, 1.54) is 11.8 Å². The molecule has 2 N–H and O–H groups in total. The Labute approximate surface area is 171 Å². The van der Waals surface area contributed by atoms with Gasteiger partial charge in [0.15, 0.2) is 5.16 Å². The molecule has 2 aromatic carbocycles. The summed E-state index contributed by atoms with van der Waals surface area (Å²) in [6.07, 6.45) is 0. The van der Waals surface area contributed by atoms with Gasteiger partial charge in [0.1, 0.15) is 5.54 Å². The number of urea groups is 1. The van der Waals surface area contributed by atoms with Gasteiger partial charge in [-0.05, 0) is 24.6 Å². The standard InChI is InChI=1S/C20H19N5O3S/c1-20(13-8-4-3-5-9-13)17(27)25(18(28)22-20)23-16(26)12-29-19-21-14-10-6-7-11-15(14)24(19)2/h3-11H,12H2,1-2H3,(H,22,28)(H,23,26). The molecule has 1 atom stereocenters. The summed E-state index contributed by atoms with van der Waals surface area (Å²) in [6, 6.07) is 15.9. The average molecular weight is 409 g/mol. The number of hydrogen-bond donors (Lipinski definition) is 2. The van der Waals surface area contributed by atoms with Crippen molar-refractivity contribution in [2.75, 3.05) is 5.75 Å². The number of imidazole rings is 1. The molecule has 1 aliphatic heterocycles. The summed E-state index contributed by atoms with van der Waals surface area (Å²) in [5, 5.41) is 4.07. The molecule has 2 heterocycles. The first-order valence-corrected chi connectivity index (χ1v) is 9.94. The second-order valence-electron chi connectivity index (χ2n) is 6.83. The van der Waals surface area contributed by atoms with Crippen molar-refractivity contribution in [3.63, 3.8) is 0 Å². The fraction of sp³-hybridized carbons (Fsp3) is 0.200. The Balaban J connectivity index is 1.43. The van der Waals surface area contributed by atoms with Crippen molar-refractivity contribution in [1.82, 2.24) is 25.3 Å². The van der Waals surface area contributed by atoms with Crippen LogP contribution < -0.4 is 10.7 Å². The van der Waals surface area contributed by atoms with Crippen LogP contribution in [-0.4, -0.2) is 38.2 Å². The number of imide groups is 1. The molecule has 0 bridgehead atoms. The minimum Gasteiger partial charge on any atom is -0.322 e. The number of rotatable bonds is 5. The molecule has 0 spiro atoms. The molecule has 148 valence electrons. The third-order valence-electron chi connectivity index (χ3n) is 4.86. The van der Waals surface area contributed by atoms with E-state index in [4.69, 9.17) is 0 Å². The second kappa shape index (κ2) is 7.25. The van der Waals surface area contributed by atoms with Crippen LogP contribution in [-0.2, 0) is 22.2 Å². The van der Waals surface area contributed by atoms with E-state index in [1.54, 1.807) is 31.2 Å². The van der Waals surface area contributed by atoms with Crippen molar-refractivity contribution in [2.45, 2.75) is 17.6 Å². The van der Waals surface area contributed by atoms with Crippen LogP contribution in [0.25, 0.3) is 11.0 Å².